The largest absolute Gasteiger partial charge is 0.244 e. The minimum absolute atomic E-state index is 0.0856. The number of hydrogen-bond acceptors (Lipinski definition) is 5. The van der Waals surface area contributed by atoms with Crippen molar-refractivity contribution >= 4 is 12.7 Å². The Balaban J connectivity index is 2.25. The van der Waals surface area contributed by atoms with Crippen molar-refractivity contribution in [3.63, 3.8) is 0 Å². The molecule has 0 fully saturated rings. The van der Waals surface area contributed by atoms with Crippen molar-refractivity contribution in [2.45, 2.75) is 6.17 Å². The minimum atomic E-state index is 0.0856. The maximum absolute atomic E-state index is 4.01. The third kappa shape index (κ3) is 0.611. The fraction of sp³-hybridized carbons (Fsp3) is 0.500. The van der Waals surface area contributed by atoms with Gasteiger partial charge >= 0.3 is 0 Å². The summed E-state index contributed by atoms with van der Waals surface area (Å²) >= 11 is 0. The first-order valence-electron chi connectivity index (χ1n) is 2.67. The predicted molar refractivity (Wildman–Crippen MR) is 32.3 cm³/mol. The molecule has 0 N–H and O–H groups in total. The van der Waals surface area contributed by atoms with E-state index in [9.17, 15) is 0 Å². The van der Waals surface area contributed by atoms with Gasteiger partial charge in [0.1, 0.15) is 19.2 Å². The van der Waals surface area contributed by atoms with Gasteiger partial charge in [-0.15, -0.1) is 0 Å². The molecule has 5 nitrogen and oxygen atoms in total. The monoisotopic (exact) mass is 123 g/mol. The normalized spacial score (nSPS) is 29.3. The van der Waals surface area contributed by atoms with Gasteiger partial charge in [0.2, 0.25) is 0 Å². The van der Waals surface area contributed by atoms with Crippen LogP contribution in [0.4, 0.5) is 0 Å². The van der Waals surface area contributed by atoms with E-state index >= 15 is 0 Å². The fourth-order valence-electron chi connectivity index (χ4n) is 0.755. The summed E-state index contributed by atoms with van der Waals surface area (Å²) in [6, 6.07) is 0. The van der Waals surface area contributed by atoms with Crippen LogP contribution in [0.1, 0.15) is 0 Å². The lowest BCUT2D eigenvalue weighted by molar-refractivity contribution is 0.391. The lowest BCUT2D eigenvalue weighted by atomic mass is 10.5. The zero-order valence-corrected chi connectivity index (χ0v) is 4.68. The minimum Gasteiger partial charge on any atom is -0.244 e. The fourth-order valence-corrected chi connectivity index (χ4v) is 0.755. The number of aliphatic imine (C=N–C) groups is 2. The van der Waals surface area contributed by atoms with Gasteiger partial charge in [0.05, 0.1) is 0 Å². The van der Waals surface area contributed by atoms with Crippen LogP contribution in [0.2, 0.25) is 0 Å². The Morgan fingerprint density at radius 2 is 2.56 bits per heavy atom. The molecule has 0 amide bonds. The molecule has 0 aromatic carbocycles. The summed E-state index contributed by atoms with van der Waals surface area (Å²) in [5, 5.41) is 9.17. The van der Waals surface area contributed by atoms with E-state index in [-0.39, 0.29) is 6.17 Å². The van der Waals surface area contributed by atoms with E-state index in [0.717, 1.165) is 0 Å². The van der Waals surface area contributed by atoms with Crippen LogP contribution in [-0.2, 0) is 0 Å². The molecule has 0 saturated carbocycles. The first-order valence-corrected chi connectivity index (χ1v) is 2.67. The molecule has 0 spiro atoms. The lowest BCUT2D eigenvalue weighted by Gasteiger charge is -2.13. The Kier molecular flexibility index (Phi) is 0.824. The molecular weight excluding hydrogens is 118 g/mol. The third-order valence-corrected chi connectivity index (χ3v) is 1.21. The van der Waals surface area contributed by atoms with Crippen molar-refractivity contribution in [2.75, 3.05) is 6.54 Å². The summed E-state index contributed by atoms with van der Waals surface area (Å²) in [5.74, 6) is 0. The molecule has 2 aliphatic rings. The van der Waals surface area contributed by atoms with Crippen molar-refractivity contribution < 1.29 is 0 Å². The van der Waals surface area contributed by atoms with Crippen molar-refractivity contribution in [3.05, 3.63) is 0 Å². The molecule has 0 aromatic rings. The third-order valence-electron chi connectivity index (χ3n) is 1.21. The zero-order valence-electron chi connectivity index (χ0n) is 4.68. The van der Waals surface area contributed by atoms with Crippen LogP contribution in [0.3, 0.4) is 0 Å². The van der Waals surface area contributed by atoms with E-state index in [1.807, 2.05) is 0 Å². The molecule has 9 heavy (non-hydrogen) atoms. The summed E-state index contributed by atoms with van der Waals surface area (Å²) in [4.78, 5) is 7.78. The maximum atomic E-state index is 4.01. The van der Waals surface area contributed by atoms with Crippen LogP contribution in [0.5, 0.6) is 0 Å². The second-order valence-electron chi connectivity index (χ2n) is 1.80. The smallest absolute Gasteiger partial charge is 0.167 e. The van der Waals surface area contributed by atoms with E-state index in [2.05, 4.69) is 20.3 Å². The highest BCUT2D eigenvalue weighted by atomic mass is 15.6. The van der Waals surface area contributed by atoms with Gasteiger partial charge in [0.25, 0.3) is 0 Å². The van der Waals surface area contributed by atoms with Gasteiger partial charge in [-0.1, -0.05) is 5.22 Å². The number of rotatable bonds is 0. The SMILES string of the molecule is C1=NC=NC2CN=NN12. The molecular formula is C4H5N5. The molecule has 5 heteroatoms. The Labute approximate surface area is 51.8 Å². The van der Waals surface area contributed by atoms with Crippen molar-refractivity contribution in [2.24, 2.45) is 20.3 Å². The van der Waals surface area contributed by atoms with Crippen molar-refractivity contribution in [1.82, 2.24) is 5.01 Å². The molecule has 0 aliphatic carbocycles. The Hall–Kier alpha value is -1.26. The first kappa shape index (κ1) is 4.60. The summed E-state index contributed by atoms with van der Waals surface area (Å²) in [6.07, 6.45) is 3.23. The van der Waals surface area contributed by atoms with Crippen LogP contribution >= 0.6 is 0 Å². The Bertz CT molecular complexity index is 193. The molecule has 0 radical (unpaired) electrons. The molecule has 2 heterocycles. The lowest BCUT2D eigenvalue weighted by Crippen LogP contribution is -2.27. The van der Waals surface area contributed by atoms with Gasteiger partial charge < -0.3 is 0 Å². The van der Waals surface area contributed by atoms with E-state index in [0.29, 0.717) is 6.54 Å². The summed E-state index contributed by atoms with van der Waals surface area (Å²) in [6.45, 7) is 0.655. The van der Waals surface area contributed by atoms with Crippen LogP contribution in [-0.4, -0.2) is 30.4 Å². The second kappa shape index (κ2) is 1.61. The molecule has 1 atom stereocenters. The van der Waals surface area contributed by atoms with Gasteiger partial charge in [-0.25, -0.2) is 15.0 Å². The highest BCUT2D eigenvalue weighted by Gasteiger charge is 2.20. The van der Waals surface area contributed by atoms with E-state index < -0.39 is 0 Å². The van der Waals surface area contributed by atoms with Gasteiger partial charge in [-0.3, -0.25) is 0 Å². The van der Waals surface area contributed by atoms with Crippen LogP contribution in [0, 0.1) is 0 Å². The van der Waals surface area contributed by atoms with Crippen molar-refractivity contribution in [3.8, 4) is 0 Å². The summed E-state index contributed by atoms with van der Waals surface area (Å²) < 4.78 is 0. The molecule has 0 aromatic heterocycles. The summed E-state index contributed by atoms with van der Waals surface area (Å²) in [7, 11) is 0. The zero-order chi connectivity index (χ0) is 6.10. The molecule has 0 bridgehead atoms. The number of nitrogens with zero attached hydrogens (tertiary/aromatic N) is 5. The highest BCUT2D eigenvalue weighted by Crippen LogP contribution is 2.09. The quantitative estimate of drug-likeness (QED) is 0.449. The van der Waals surface area contributed by atoms with Gasteiger partial charge in [-0.2, -0.15) is 5.11 Å². The molecule has 0 saturated heterocycles. The number of fused-ring (bicyclic) bond motifs is 1. The Morgan fingerprint density at radius 3 is 3.44 bits per heavy atom. The molecule has 46 valence electrons. The number of hydrogen-bond donors (Lipinski definition) is 0. The maximum Gasteiger partial charge on any atom is 0.167 e. The van der Waals surface area contributed by atoms with Crippen LogP contribution < -0.4 is 0 Å². The van der Waals surface area contributed by atoms with E-state index in [1.54, 1.807) is 11.3 Å². The molecule has 2 aliphatic heterocycles. The predicted octanol–water partition coefficient (Wildman–Crippen LogP) is 0.0655. The van der Waals surface area contributed by atoms with Gasteiger partial charge in [0, 0.05) is 0 Å². The second-order valence-corrected chi connectivity index (χ2v) is 1.80. The Morgan fingerprint density at radius 1 is 1.56 bits per heavy atom. The average Bonchev–Trinajstić information content (AvgIpc) is 2.33. The standard InChI is InChI=1S/C4H5N5/c1-4-6-2-5-3-9(4)8-7-1/h2-4H,1H2. The highest BCUT2D eigenvalue weighted by molar-refractivity contribution is 5.73. The first-order chi connectivity index (χ1) is 4.47. The summed E-state index contributed by atoms with van der Waals surface area (Å²) in [5.41, 5.74) is 0. The van der Waals surface area contributed by atoms with Crippen LogP contribution in [0.25, 0.3) is 0 Å². The average molecular weight is 123 g/mol. The van der Waals surface area contributed by atoms with Gasteiger partial charge in [-0.05, 0) is 0 Å². The van der Waals surface area contributed by atoms with Gasteiger partial charge in [0.15, 0.2) is 6.17 Å². The topological polar surface area (TPSA) is 52.7 Å². The van der Waals surface area contributed by atoms with E-state index in [1.165, 1.54) is 6.34 Å². The van der Waals surface area contributed by atoms with Crippen molar-refractivity contribution in [1.29, 1.82) is 0 Å². The molecule has 2 rings (SSSR count). The molecule has 1 unspecified atom stereocenters. The van der Waals surface area contributed by atoms with E-state index in [4.69, 9.17) is 0 Å². The van der Waals surface area contributed by atoms with Crippen LogP contribution in [0.15, 0.2) is 20.3 Å².